The van der Waals surface area contributed by atoms with Gasteiger partial charge in [0.2, 0.25) is 0 Å². The monoisotopic (exact) mass is 217 g/mol. The van der Waals surface area contributed by atoms with Crippen molar-refractivity contribution >= 4 is 17.3 Å². The quantitative estimate of drug-likeness (QED) is 0.408. The number of nitrogens with zero attached hydrogens (tertiary/aromatic N) is 1. The number of nitrogens with two attached hydrogens (primary N) is 1. The number of hydrogen-bond acceptors (Lipinski definition) is 5. The SMILES string of the molecule is Nc1cc(F)c(C(=O)[O-])cc1[N+](=O)[O-].[NH4+]. The predicted octanol–water partition coefficient (Wildman–Crippen LogP) is 0.0558. The van der Waals surface area contributed by atoms with E-state index in [9.17, 15) is 24.4 Å². The number of carbonyl (C=O) groups is 1. The molecule has 7 nitrogen and oxygen atoms in total. The highest BCUT2D eigenvalue weighted by Gasteiger charge is 2.16. The fourth-order valence-corrected chi connectivity index (χ4v) is 0.892. The molecule has 82 valence electrons. The molecule has 0 aliphatic heterocycles. The van der Waals surface area contributed by atoms with Gasteiger partial charge in [-0.25, -0.2) is 4.39 Å². The lowest BCUT2D eigenvalue weighted by Gasteiger charge is -2.05. The van der Waals surface area contributed by atoms with Crippen LogP contribution >= 0.6 is 0 Å². The summed E-state index contributed by atoms with van der Waals surface area (Å²) in [5.74, 6) is -2.99. The van der Waals surface area contributed by atoms with E-state index in [4.69, 9.17) is 5.73 Å². The first-order valence-corrected chi connectivity index (χ1v) is 3.38. The van der Waals surface area contributed by atoms with E-state index < -0.39 is 33.6 Å². The van der Waals surface area contributed by atoms with Crippen LogP contribution in [-0.4, -0.2) is 10.9 Å². The highest BCUT2D eigenvalue weighted by atomic mass is 19.1. The molecule has 6 N–H and O–H groups in total. The minimum absolute atomic E-state index is 0. The van der Waals surface area contributed by atoms with Gasteiger partial charge in [-0.1, -0.05) is 0 Å². The van der Waals surface area contributed by atoms with Gasteiger partial charge in [0.05, 0.1) is 10.9 Å². The molecular weight excluding hydrogens is 209 g/mol. The lowest BCUT2D eigenvalue weighted by atomic mass is 10.1. The second-order valence-corrected chi connectivity index (χ2v) is 2.44. The lowest BCUT2D eigenvalue weighted by Crippen LogP contribution is -2.23. The van der Waals surface area contributed by atoms with Crippen molar-refractivity contribution in [2.24, 2.45) is 0 Å². The van der Waals surface area contributed by atoms with Crippen molar-refractivity contribution < 1.29 is 19.2 Å². The zero-order valence-corrected chi connectivity index (χ0v) is 7.69. The van der Waals surface area contributed by atoms with Crippen LogP contribution in [0.2, 0.25) is 0 Å². The van der Waals surface area contributed by atoms with E-state index in [0.29, 0.717) is 12.1 Å². The van der Waals surface area contributed by atoms with E-state index in [0.717, 1.165) is 0 Å². The zero-order valence-electron chi connectivity index (χ0n) is 7.69. The van der Waals surface area contributed by atoms with Gasteiger partial charge in [-0.15, -0.1) is 0 Å². The number of carboxylic acid groups (broad SMARTS) is 1. The van der Waals surface area contributed by atoms with Gasteiger partial charge in [0.25, 0.3) is 5.69 Å². The molecule has 0 aliphatic carbocycles. The van der Waals surface area contributed by atoms with Crippen molar-refractivity contribution in [1.82, 2.24) is 6.15 Å². The van der Waals surface area contributed by atoms with Crippen molar-refractivity contribution in [1.29, 1.82) is 0 Å². The van der Waals surface area contributed by atoms with Gasteiger partial charge in [0.1, 0.15) is 11.5 Å². The molecule has 1 aromatic rings. The Morgan fingerprint density at radius 1 is 1.47 bits per heavy atom. The number of aromatic carboxylic acids is 1. The minimum Gasteiger partial charge on any atom is -0.545 e. The molecular formula is C7H8FN3O4. The van der Waals surface area contributed by atoms with Crippen molar-refractivity contribution in [2.75, 3.05) is 5.73 Å². The summed E-state index contributed by atoms with van der Waals surface area (Å²) < 4.78 is 12.8. The Bertz CT molecular complexity index is 386. The molecule has 1 rings (SSSR count). The average molecular weight is 217 g/mol. The summed E-state index contributed by atoms with van der Waals surface area (Å²) in [5, 5.41) is 20.6. The summed E-state index contributed by atoms with van der Waals surface area (Å²) in [5.41, 5.74) is 3.12. The minimum atomic E-state index is -1.83. The van der Waals surface area contributed by atoms with E-state index in [1.807, 2.05) is 0 Å². The van der Waals surface area contributed by atoms with Crippen LogP contribution in [0.25, 0.3) is 0 Å². The molecule has 0 heterocycles. The highest BCUT2D eigenvalue weighted by Crippen LogP contribution is 2.24. The third kappa shape index (κ3) is 2.38. The number of halogens is 1. The Morgan fingerprint density at radius 3 is 2.40 bits per heavy atom. The zero-order chi connectivity index (χ0) is 10.9. The molecule has 0 spiro atoms. The molecule has 0 radical (unpaired) electrons. The first-order chi connectivity index (χ1) is 6.43. The van der Waals surface area contributed by atoms with E-state index in [2.05, 4.69) is 0 Å². The van der Waals surface area contributed by atoms with E-state index in [-0.39, 0.29) is 6.15 Å². The number of nitro benzene ring substituents is 1. The van der Waals surface area contributed by atoms with Crippen LogP contribution in [0.4, 0.5) is 15.8 Å². The fourth-order valence-electron chi connectivity index (χ4n) is 0.892. The number of nitrogen functional groups attached to an aromatic ring is 1. The largest absolute Gasteiger partial charge is 0.545 e. The number of benzene rings is 1. The maximum absolute atomic E-state index is 12.8. The van der Waals surface area contributed by atoms with Gasteiger partial charge in [0.15, 0.2) is 0 Å². The van der Waals surface area contributed by atoms with Crippen LogP contribution in [0.1, 0.15) is 10.4 Å². The summed E-state index contributed by atoms with van der Waals surface area (Å²) in [4.78, 5) is 19.7. The summed E-state index contributed by atoms with van der Waals surface area (Å²) in [6.07, 6.45) is 0. The number of nitro groups is 1. The molecule has 0 atom stereocenters. The molecule has 0 unspecified atom stereocenters. The van der Waals surface area contributed by atoms with Gasteiger partial charge in [-0.05, 0) is 0 Å². The van der Waals surface area contributed by atoms with E-state index in [1.165, 1.54) is 0 Å². The van der Waals surface area contributed by atoms with Crippen LogP contribution in [0, 0.1) is 15.9 Å². The first kappa shape index (κ1) is 12.8. The van der Waals surface area contributed by atoms with Crippen molar-refractivity contribution in [2.45, 2.75) is 0 Å². The number of hydrogen-bond donors (Lipinski definition) is 2. The van der Waals surface area contributed by atoms with Crippen molar-refractivity contribution in [3.63, 3.8) is 0 Å². The van der Waals surface area contributed by atoms with Gasteiger partial charge in [-0.2, -0.15) is 0 Å². The van der Waals surface area contributed by atoms with Crippen molar-refractivity contribution in [3.05, 3.63) is 33.6 Å². The number of carbonyl (C=O) groups excluding carboxylic acids is 1. The molecule has 1 aromatic carbocycles. The standard InChI is InChI=1S/C7H5FN2O4.H3N/c8-4-2-5(9)6(10(13)14)1-3(4)7(11)12;/h1-2H,9H2,(H,11,12);1H3. The first-order valence-electron chi connectivity index (χ1n) is 3.38. The van der Waals surface area contributed by atoms with Crippen LogP contribution in [0.3, 0.4) is 0 Å². The van der Waals surface area contributed by atoms with Crippen molar-refractivity contribution in [3.8, 4) is 0 Å². The third-order valence-corrected chi connectivity index (χ3v) is 1.53. The molecule has 8 heteroatoms. The normalized spacial score (nSPS) is 9.13. The van der Waals surface area contributed by atoms with Crippen LogP contribution in [0.15, 0.2) is 12.1 Å². The van der Waals surface area contributed by atoms with Crippen LogP contribution < -0.4 is 17.0 Å². The highest BCUT2D eigenvalue weighted by molar-refractivity contribution is 5.88. The maximum atomic E-state index is 12.8. The Kier molecular flexibility index (Phi) is 3.69. The van der Waals surface area contributed by atoms with E-state index in [1.54, 1.807) is 0 Å². The number of anilines is 1. The summed E-state index contributed by atoms with van der Waals surface area (Å²) in [6.45, 7) is 0. The summed E-state index contributed by atoms with van der Waals surface area (Å²) in [6, 6.07) is 1.10. The summed E-state index contributed by atoms with van der Waals surface area (Å²) >= 11 is 0. The molecule has 0 bridgehead atoms. The Labute approximate surface area is 83.0 Å². The van der Waals surface area contributed by atoms with Crippen LogP contribution in [-0.2, 0) is 0 Å². The predicted molar refractivity (Wildman–Crippen MR) is 47.8 cm³/mol. The lowest BCUT2D eigenvalue weighted by molar-refractivity contribution is -0.384. The number of rotatable bonds is 2. The Hall–Kier alpha value is -2.22. The molecule has 0 saturated carbocycles. The molecule has 0 fully saturated rings. The number of carboxylic acids is 1. The van der Waals surface area contributed by atoms with Gasteiger partial charge in [0, 0.05) is 17.7 Å². The van der Waals surface area contributed by atoms with E-state index >= 15 is 0 Å². The van der Waals surface area contributed by atoms with Gasteiger partial charge >= 0.3 is 0 Å². The maximum Gasteiger partial charge on any atom is 0.292 e. The molecule has 15 heavy (non-hydrogen) atoms. The molecule has 0 amide bonds. The smallest absolute Gasteiger partial charge is 0.292 e. The van der Waals surface area contributed by atoms with Gasteiger partial charge < -0.3 is 21.8 Å². The summed E-state index contributed by atoms with van der Waals surface area (Å²) in [7, 11) is 0. The second-order valence-electron chi connectivity index (χ2n) is 2.44. The Balaban J connectivity index is 0.00000196. The third-order valence-electron chi connectivity index (χ3n) is 1.53. The average Bonchev–Trinajstić information content (AvgIpc) is 2.02. The molecule has 0 aromatic heterocycles. The van der Waals surface area contributed by atoms with Crippen LogP contribution in [0.5, 0.6) is 0 Å². The second kappa shape index (κ2) is 4.33. The topological polar surface area (TPSA) is 146 Å². The Morgan fingerprint density at radius 2 is 2.00 bits per heavy atom. The molecule has 0 saturated heterocycles. The fraction of sp³-hybridized carbons (Fsp3) is 0. The molecule has 0 aliphatic rings. The number of quaternary nitrogens is 1. The van der Waals surface area contributed by atoms with Gasteiger partial charge in [-0.3, -0.25) is 10.1 Å².